The Morgan fingerprint density at radius 1 is 0.789 bits per heavy atom. The van der Waals surface area contributed by atoms with E-state index in [0.29, 0.717) is 0 Å². The zero-order valence-corrected chi connectivity index (χ0v) is 16.8. The maximum absolute atomic E-state index is 3.79. The Morgan fingerprint density at radius 2 is 1.42 bits per heavy atom. The van der Waals surface area contributed by atoms with Crippen molar-refractivity contribution in [2.24, 2.45) is 0 Å². The predicted octanol–water partition coefficient (Wildman–Crippen LogP) is 7.08. The van der Waals surface area contributed by atoms with Crippen LogP contribution in [-0.2, 0) is 0 Å². The molecule has 0 aromatic heterocycles. The minimum absolute atomic E-state index is 0.163. The van der Waals surface area contributed by atoms with E-state index in [0.717, 1.165) is 13.4 Å². The molecule has 4 heteroatoms. The summed E-state index contributed by atoms with van der Waals surface area (Å²) < 4.78 is 3.38. The van der Waals surface area contributed by atoms with Gasteiger partial charge in [0, 0.05) is 13.4 Å². The number of halogens is 4. The van der Waals surface area contributed by atoms with E-state index in [-0.39, 0.29) is 4.83 Å². The van der Waals surface area contributed by atoms with Crippen LogP contribution in [0, 0.1) is 13.8 Å². The molecule has 1 atom stereocenters. The van der Waals surface area contributed by atoms with Gasteiger partial charge in [0.15, 0.2) is 0 Å². The molecule has 1 unspecified atom stereocenters. The van der Waals surface area contributed by atoms with E-state index in [4.69, 9.17) is 0 Å². The first-order valence-electron chi connectivity index (χ1n) is 5.76. The molecule has 0 spiro atoms. The molecule has 0 aliphatic heterocycles. The standard InChI is InChI=1S/C15H12Br4/c1-8-3-4-10(6-12(8)16)15(19)11-7-13(17)9(2)5-14(11)18/h3-7,15H,1-2H3. The Bertz CT molecular complexity index is 620. The van der Waals surface area contributed by atoms with Crippen molar-refractivity contribution in [3.8, 4) is 0 Å². The molecular weight excluding hydrogens is 500 g/mol. The Morgan fingerprint density at radius 3 is 2.05 bits per heavy atom. The van der Waals surface area contributed by atoms with Gasteiger partial charge in [0.1, 0.15) is 0 Å². The van der Waals surface area contributed by atoms with Gasteiger partial charge in [0.25, 0.3) is 0 Å². The van der Waals surface area contributed by atoms with Crippen LogP contribution in [0.4, 0.5) is 0 Å². The molecule has 0 aliphatic rings. The first kappa shape index (κ1) is 15.7. The summed E-state index contributed by atoms with van der Waals surface area (Å²) in [6, 6.07) is 10.7. The molecule has 0 amide bonds. The maximum Gasteiger partial charge on any atom is 0.0656 e. The van der Waals surface area contributed by atoms with E-state index < -0.39 is 0 Å². The fourth-order valence-corrected chi connectivity index (χ4v) is 4.22. The van der Waals surface area contributed by atoms with E-state index in [1.165, 1.54) is 22.3 Å². The molecule has 2 aromatic rings. The summed E-state index contributed by atoms with van der Waals surface area (Å²) in [4.78, 5) is 0.163. The SMILES string of the molecule is Cc1ccc(C(Br)c2cc(Br)c(C)cc2Br)cc1Br. The van der Waals surface area contributed by atoms with E-state index in [9.17, 15) is 0 Å². The summed E-state index contributed by atoms with van der Waals surface area (Å²) in [6.07, 6.45) is 0. The van der Waals surface area contributed by atoms with Crippen molar-refractivity contribution in [1.29, 1.82) is 0 Å². The molecule has 0 nitrogen and oxygen atoms in total. The number of aryl methyl sites for hydroxylation is 2. The van der Waals surface area contributed by atoms with E-state index in [2.05, 4.69) is 108 Å². The summed E-state index contributed by atoms with van der Waals surface area (Å²) in [5.41, 5.74) is 4.91. The number of hydrogen-bond acceptors (Lipinski definition) is 0. The van der Waals surface area contributed by atoms with Gasteiger partial charge in [-0.15, -0.1) is 0 Å². The van der Waals surface area contributed by atoms with Crippen LogP contribution in [0.3, 0.4) is 0 Å². The Kier molecular flexibility index (Phi) is 5.32. The molecule has 0 saturated heterocycles. The van der Waals surface area contributed by atoms with Crippen LogP contribution in [0.5, 0.6) is 0 Å². The third-order valence-electron chi connectivity index (χ3n) is 3.04. The quantitative estimate of drug-likeness (QED) is 0.378. The third kappa shape index (κ3) is 3.52. The van der Waals surface area contributed by atoms with Crippen LogP contribution in [0.25, 0.3) is 0 Å². The summed E-state index contributed by atoms with van der Waals surface area (Å²) in [5.74, 6) is 0. The Hall–Kier alpha value is 0.360. The van der Waals surface area contributed by atoms with E-state index in [1.807, 2.05) is 0 Å². The van der Waals surface area contributed by atoms with E-state index in [1.54, 1.807) is 0 Å². The number of rotatable bonds is 2. The van der Waals surface area contributed by atoms with Gasteiger partial charge in [-0.25, -0.2) is 0 Å². The lowest BCUT2D eigenvalue weighted by Crippen LogP contribution is -1.96. The highest BCUT2D eigenvalue weighted by Crippen LogP contribution is 2.39. The van der Waals surface area contributed by atoms with Gasteiger partial charge in [-0.05, 0) is 54.3 Å². The predicted molar refractivity (Wildman–Crippen MR) is 96.2 cm³/mol. The average Bonchev–Trinajstić information content (AvgIpc) is 2.36. The lowest BCUT2D eigenvalue weighted by molar-refractivity contribution is 1.14. The highest BCUT2D eigenvalue weighted by molar-refractivity contribution is 9.11. The lowest BCUT2D eigenvalue weighted by Gasteiger charge is -2.15. The molecule has 100 valence electrons. The fourth-order valence-electron chi connectivity index (χ4n) is 1.80. The van der Waals surface area contributed by atoms with Crippen LogP contribution in [-0.4, -0.2) is 0 Å². The maximum atomic E-state index is 3.79. The molecular formula is C15H12Br4. The van der Waals surface area contributed by atoms with Crippen molar-refractivity contribution >= 4 is 63.7 Å². The summed E-state index contributed by atoms with van der Waals surface area (Å²) >= 11 is 14.6. The summed E-state index contributed by atoms with van der Waals surface area (Å²) in [6.45, 7) is 4.18. The Balaban J connectivity index is 2.46. The molecule has 0 aliphatic carbocycles. The minimum Gasteiger partial charge on any atom is -0.0786 e. The number of benzene rings is 2. The zero-order chi connectivity index (χ0) is 14.2. The topological polar surface area (TPSA) is 0 Å². The fraction of sp³-hybridized carbons (Fsp3) is 0.200. The molecule has 2 rings (SSSR count). The first-order valence-corrected chi connectivity index (χ1v) is 9.05. The molecule has 19 heavy (non-hydrogen) atoms. The number of hydrogen-bond donors (Lipinski definition) is 0. The smallest absolute Gasteiger partial charge is 0.0656 e. The van der Waals surface area contributed by atoms with Crippen molar-refractivity contribution in [3.05, 3.63) is 66.0 Å². The Labute approximate surface area is 147 Å². The largest absolute Gasteiger partial charge is 0.0786 e. The average molecular weight is 512 g/mol. The molecule has 2 aromatic carbocycles. The van der Waals surface area contributed by atoms with Crippen molar-refractivity contribution in [3.63, 3.8) is 0 Å². The second kappa shape index (κ2) is 6.42. The normalized spacial score (nSPS) is 12.5. The number of alkyl halides is 1. The van der Waals surface area contributed by atoms with Crippen molar-refractivity contribution in [1.82, 2.24) is 0 Å². The van der Waals surface area contributed by atoms with Crippen LogP contribution in [0.2, 0.25) is 0 Å². The second-order valence-electron chi connectivity index (χ2n) is 4.49. The van der Waals surface area contributed by atoms with Crippen LogP contribution in [0.15, 0.2) is 43.7 Å². The zero-order valence-electron chi connectivity index (χ0n) is 10.5. The van der Waals surface area contributed by atoms with Crippen molar-refractivity contribution in [2.45, 2.75) is 18.7 Å². The molecule has 0 saturated carbocycles. The molecule has 0 heterocycles. The van der Waals surface area contributed by atoms with Gasteiger partial charge in [-0.3, -0.25) is 0 Å². The van der Waals surface area contributed by atoms with Crippen molar-refractivity contribution in [2.75, 3.05) is 0 Å². The lowest BCUT2D eigenvalue weighted by atomic mass is 10.0. The summed E-state index contributed by atoms with van der Waals surface area (Å²) in [5, 5.41) is 0. The molecule has 0 radical (unpaired) electrons. The molecule has 0 bridgehead atoms. The minimum atomic E-state index is 0.163. The van der Waals surface area contributed by atoms with Crippen LogP contribution in [0.1, 0.15) is 27.1 Å². The van der Waals surface area contributed by atoms with Crippen molar-refractivity contribution < 1.29 is 0 Å². The van der Waals surface area contributed by atoms with Crippen LogP contribution >= 0.6 is 63.7 Å². The monoisotopic (exact) mass is 508 g/mol. The van der Waals surface area contributed by atoms with Crippen LogP contribution < -0.4 is 0 Å². The van der Waals surface area contributed by atoms with Gasteiger partial charge in [-0.2, -0.15) is 0 Å². The van der Waals surface area contributed by atoms with Gasteiger partial charge < -0.3 is 0 Å². The highest BCUT2D eigenvalue weighted by Gasteiger charge is 2.15. The van der Waals surface area contributed by atoms with Gasteiger partial charge in [0.2, 0.25) is 0 Å². The van der Waals surface area contributed by atoms with E-state index >= 15 is 0 Å². The second-order valence-corrected chi connectivity index (χ2v) is 7.97. The summed E-state index contributed by atoms with van der Waals surface area (Å²) in [7, 11) is 0. The van der Waals surface area contributed by atoms with Gasteiger partial charge >= 0.3 is 0 Å². The third-order valence-corrected chi connectivity index (χ3v) is 6.46. The highest BCUT2D eigenvalue weighted by atomic mass is 79.9. The first-order chi connectivity index (χ1) is 8.90. The van der Waals surface area contributed by atoms with Gasteiger partial charge in [-0.1, -0.05) is 75.9 Å². The molecule has 0 fully saturated rings. The van der Waals surface area contributed by atoms with Gasteiger partial charge in [0.05, 0.1) is 4.83 Å². The molecule has 0 N–H and O–H groups in total.